The molecular formula is C9H15N. The average molecular weight is 137 g/mol. The topological polar surface area (TPSA) is 23.9 Å². The van der Waals surface area contributed by atoms with Crippen molar-refractivity contribution in [3.63, 3.8) is 0 Å². The molecule has 0 atom stereocenters. The Morgan fingerprint density at radius 1 is 1.40 bits per heavy atom. The van der Waals surface area contributed by atoms with Crippen molar-refractivity contribution in [1.29, 1.82) is 5.41 Å². The van der Waals surface area contributed by atoms with Gasteiger partial charge in [-0.25, -0.2) is 0 Å². The SMILES string of the molecule is C=C/C=C\C(=N)C(C)(C)C. The van der Waals surface area contributed by atoms with Gasteiger partial charge in [-0.15, -0.1) is 0 Å². The Morgan fingerprint density at radius 3 is 2.20 bits per heavy atom. The first-order valence-corrected chi connectivity index (χ1v) is 3.36. The van der Waals surface area contributed by atoms with Crippen LogP contribution in [0.15, 0.2) is 24.8 Å². The van der Waals surface area contributed by atoms with Crippen molar-refractivity contribution in [1.82, 2.24) is 0 Å². The minimum absolute atomic E-state index is 0.0422. The van der Waals surface area contributed by atoms with Crippen LogP contribution in [-0.2, 0) is 0 Å². The zero-order valence-corrected chi connectivity index (χ0v) is 6.94. The molecule has 10 heavy (non-hydrogen) atoms. The quantitative estimate of drug-likeness (QED) is 0.447. The van der Waals surface area contributed by atoms with E-state index in [-0.39, 0.29) is 5.41 Å². The van der Waals surface area contributed by atoms with Crippen LogP contribution < -0.4 is 0 Å². The maximum absolute atomic E-state index is 7.51. The Morgan fingerprint density at radius 2 is 1.90 bits per heavy atom. The van der Waals surface area contributed by atoms with Crippen molar-refractivity contribution in [2.24, 2.45) is 5.41 Å². The Labute approximate surface area is 63.0 Å². The molecule has 1 N–H and O–H groups in total. The largest absolute Gasteiger partial charge is 0.305 e. The Hall–Kier alpha value is -0.850. The van der Waals surface area contributed by atoms with Gasteiger partial charge < -0.3 is 5.41 Å². The second kappa shape index (κ2) is 3.35. The summed E-state index contributed by atoms with van der Waals surface area (Å²) in [5.41, 5.74) is 0.590. The van der Waals surface area contributed by atoms with E-state index in [0.717, 1.165) is 0 Å². The lowest BCUT2D eigenvalue weighted by molar-refractivity contribution is 0.590. The van der Waals surface area contributed by atoms with E-state index in [1.165, 1.54) is 0 Å². The summed E-state index contributed by atoms with van der Waals surface area (Å²) >= 11 is 0. The molecule has 0 aliphatic heterocycles. The lowest BCUT2D eigenvalue weighted by Gasteiger charge is -2.15. The van der Waals surface area contributed by atoms with Crippen LogP contribution in [0.25, 0.3) is 0 Å². The Bertz CT molecular complexity index is 158. The van der Waals surface area contributed by atoms with Crippen LogP contribution in [-0.4, -0.2) is 5.71 Å². The van der Waals surface area contributed by atoms with E-state index in [4.69, 9.17) is 5.41 Å². The molecule has 56 valence electrons. The highest BCUT2D eigenvalue weighted by Gasteiger charge is 2.13. The summed E-state index contributed by atoms with van der Waals surface area (Å²) in [6, 6.07) is 0. The summed E-state index contributed by atoms with van der Waals surface area (Å²) in [5.74, 6) is 0. The monoisotopic (exact) mass is 137 g/mol. The van der Waals surface area contributed by atoms with Crippen molar-refractivity contribution in [3.05, 3.63) is 24.8 Å². The molecule has 0 saturated heterocycles. The summed E-state index contributed by atoms with van der Waals surface area (Å²) in [7, 11) is 0. The van der Waals surface area contributed by atoms with Gasteiger partial charge in [0.1, 0.15) is 0 Å². The van der Waals surface area contributed by atoms with Crippen LogP contribution in [0.1, 0.15) is 20.8 Å². The highest BCUT2D eigenvalue weighted by molar-refractivity contribution is 5.96. The summed E-state index contributed by atoms with van der Waals surface area (Å²) in [5, 5.41) is 7.51. The van der Waals surface area contributed by atoms with Gasteiger partial charge in [0.25, 0.3) is 0 Å². The van der Waals surface area contributed by atoms with Crippen molar-refractivity contribution in [2.45, 2.75) is 20.8 Å². The molecule has 0 radical (unpaired) electrons. The molecule has 0 amide bonds. The Kier molecular flexibility index (Phi) is 3.07. The molecule has 0 aromatic rings. The number of rotatable bonds is 2. The molecule has 0 fully saturated rings. The number of hydrogen-bond donors (Lipinski definition) is 1. The molecule has 0 bridgehead atoms. The molecule has 0 heterocycles. The second-order valence-corrected chi connectivity index (χ2v) is 3.26. The highest BCUT2D eigenvalue weighted by Crippen LogP contribution is 2.15. The van der Waals surface area contributed by atoms with Crippen molar-refractivity contribution in [3.8, 4) is 0 Å². The highest BCUT2D eigenvalue weighted by atomic mass is 14.4. The van der Waals surface area contributed by atoms with Crippen LogP contribution in [0.4, 0.5) is 0 Å². The zero-order chi connectivity index (χ0) is 8.20. The maximum Gasteiger partial charge on any atom is 0.0367 e. The van der Waals surface area contributed by atoms with Crippen molar-refractivity contribution < 1.29 is 0 Å². The van der Waals surface area contributed by atoms with Gasteiger partial charge in [-0.2, -0.15) is 0 Å². The number of nitrogens with one attached hydrogen (secondary N) is 1. The number of allylic oxidation sites excluding steroid dienone is 3. The van der Waals surface area contributed by atoms with E-state index in [0.29, 0.717) is 5.71 Å². The summed E-state index contributed by atoms with van der Waals surface area (Å²) in [4.78, 5) is 0. The third-order valence-corrected chi connectivity index (χ3v) is 1.21. The third kappa shape index (κ3) is 3.23. The molecule has 1 nitrogen and oxygen atoms in total. The fourth-order valence-corrected chi connectivity index (χ4v) is 0.414. The van der Waals surface area contributed by atoms with Crippen LogP contribution in [0, 0.1) is 10.8 Å². The fraction of sp³-hybridized carbons (Fsp3) is 0.444. The molecule has 0 rings (SSSR count). The first-order chi connectivity index (χ1) is 4.48. The predicted octanol–water partition coefficient (Wildman–Crippen LogP) is 2.79. The lowest BCUT2D eigenvalue weighted by atomic mass is 9.90. The molecule has 0 spiro atoms. The molecular weight excluding hydrogens is 122 g/mol. The minimum atomic E-state index is -0.0422. The van der Waals surface area contributed by atoms with E-state index in [1.54, 1.807) is 18.2 Å². The molecule has 0 saturated carbocycles. The molecule has 1 heteroatoms. The lowest BCUT2D eigenvalue weighted by Crippen LogP contribution is -2.16. The molecule has 0 aromatic carbocycles. The van der Waals surface area contributed by atoms with E-state index in [9.17, 15) is 0 Å². The van der Waals surface area contributed by atoms with Gasteiger partial charge in [0.15, 0.2) is 0 Å². The summed E-state index contributed by atoms with van der Waals surface area (Å²) in [6.07, 6.45) is 5.24. The van der Waals surface area contributed by atoms with Crippen LogP contribution in [0.5, 0.6) is 0 Å². The first kappa shape index (κ1) is 9.15. The van der Waals surface area contributed by atoms with Gasteiger partial charge in [-0.05, 0) is 6.08 Å². The molecule has 0 unspecified atom stereocenters. The van der Waals surface area contributed by atoms with Gasteiger partial charge in [0.05, 0.1) is 0 Å². The van der Waals surface area contributed by atoms with Crippen LogP contribution >= 0.6 is 0 Å². The van der Waals surface area contributed by atoms with Gasteiger partial charge in [0.2, 0.25) is 0 Å². The fourth-order valence-electron chi connectivity index (χ4n) is 0.414. The smallest absolute Gasteiger partial charge is 0.0367 e. The van der Waals surface area contributed by atoms with Crippen LogP contribution in [0.3, 0.4) is 0 Å². The standard InChI is InChI=1S/C9H15N/c1-5-6-7-8(10)9(2,3)4/h5-7,10H,1H2,2-4H3/b7-6-,10-8?. The van der Waals surface area contributed by atoms with Crippen LogP contribution in [0.2, 0.25) is 0 Å². The zero-order valence-electron chi connectivity index (χ0n) is 6.94. The minimum Gasteiger partial charge on any atom is -0.305 e. The molecule has 0 aliphatic carbocycles. The van der Waals surface area contributed by atoms with Gasteiger partial charge >= 0.3 is 0 Å². The normalized spacial score (nSPS) is 11.9. The van der Waals surface area contributed by atoms with E-state index < -0.39 is 0 Å². The summed E-state index contributed by atoms with van der Waals surface area (Å²) < 4.78 is 0. The maximum atomic E-state index is 7.51. The van der Waals surface area contributed by atoms with E-state index in [2.05, 4.69) is 6.58 Å². The van der Waals surface area contributed by atoms with Crippen molar-refractivity contribution >= 4 is 5.71 Å². The van der Waals surface area contributed by atoms with E-state index in [1.807, 2.05) is 20.8 Å². The second-order valence-electron chi connectivity index (χ2n) is 3.26. The number of hydrogen-bond acceptors (Lipinski definition) is 1. The summed E-state index contributed by atoms with van der Waals surface area (Å²) in [6.45, 7) is 9.58. The van der Waals surface area contributed by atoms with Crippen molar-refractivity contribution in [2.75, 3.05) is 0 Å². The Balaban J connectivity index is 4.11. The first-order valence-electron chi connectivity index (χ1n) is 3.36. The molecule has 0 aliphatic rings. The van der Waals surface area contributed by atoms with Gasteiger partial charge in [-0.1, -0.05) is 39.5 Å². The predicted molar refractivity (Wildman–Crippen MR) is 46.5 cm³/mol. The van der Waals surface area contributed by atoms with Gasteiger partial charge in [0, 0.05) is 11.1 Å². The molecule has 0 aromatic heterocycles. The van der Waals surface area contributed by atoms with E-state index >= 15 is 0 Å². The van der Waals surface area contributed by atoms with Gasteiger partial charge in [-0.3, -0.25) is 0 Å². The third-order valence-electron chi connectivity index (χ3n) is 1.21. The average Bonchev–Trinajstić information content (AvgIpc) is 1.80.